The molecular formula is C19H20F3IN4O. The number of rotatable bonds is 6. The van der Waals surface area contributed by atoms with Crippen LogP contribution in [0.15, 0.2) is 59.7 Å². The number of fused-ring (bicyclic) bond motifs is 1. The van der Waals surface area contributed by atoms with E-state index in [-0.39, 0.29) is 35.7 Å². The average molecular weight is 504 g/mol. The van der Waals surface area contributed by atoms with Gasteiger partial charge in [0.25, 0.3) is 0 Å². The van der Waals surface area contributed by atoms with Gasteiger partial charge in [0.15, 0.2) is 5.96 Å². The molecule has 5 nitrogen and oxygen atoms in total. The van der Waals surface area contributed by atoms with Crippen molar-refractivity contribution in [3.05, 3.63) is 60.3 Å². The SMILES string of the molecule is I.NC(=NCCCc1c[nH]c2ccccc12)Nc1ccc(OC(F)(F)F)cc1. The molecule has 0 aliphatic rings. The molecule has 1 aromatic heterocycles. The number of aryl methyl sites for hydroxylation is 1. The Morgan fingerprint density at radius 1 is 1.11 bits per heavy atom. The first-order valence-electron chi connectivity index (χ1n) is 8.38. The summed E-state index contributed by atoms with van der Waals surface area (Å²) in [6.45, 7) is 0.535. The van der Waals surface area contributed by atoms with E-state index in [9.17, 15) is 13.2 Å². The van der Waals surface area contributed by atoms with Crippen molar-refractivity contribution >= 4 is 46.5 Å². The van der Waals surface area contributed by atoms with Crippen molar-refractivity contribution in [1.82, 2.24) is 4.98 Å². The van der Waals surface area contributed by atoms with Gasteiger partial charge in [-0.2, -0.15) is 0 Å². The molecule has 3 rings (SSSR count). The summed E-state index contributed by atoms with van der Waals surface area (Å²) < 4.78 is 40.2. The van der Waals surface area contributed by atoms with Crippen molar-refractivity contribution in [2.24, 2.45) is 10.7 Å². The van der Waals surface area contributed by atoms with Crippen molar-refractivity contribution in [2.75, 3.05) is 11.9 Å². The predicted molar refractivity (Wildman–Crippen MR) is 115 cm³/mol. The molecule has 0 aliphatic carbocycles. The number of halogens is 4. The number of hydrogen-bond donors (Lipinski definition) is 3. The van der Waals surface area contributed by atoms with Crippen LogP contribution in [0.4, 0.5) is 18.9 Å². The summed E-state index contributed by atoms with van der Waals surface area (Å²) in [6, 6.07) is 13.4. The lowest BCUT2D eigenvalue weighted by molar-refractivity contribution is -0.274. The van der Waals surface area contributed by atoms with Crippen molar-refractivity contribution in [1.29, 1.82) is 0 Å². The molecule has 0 fully saturated rings. The molecule has 0 spiro atoms. The van der Waals surface area contributed by atoms with Crippen LogP contribution in [0.3, 0.4) is 0 Å². The molecule has 4 N–H and O–H groups in total. The molecule has 150 valence electrons. The standard InChI is InChI=1S/C19H19F3N4O.HI/c20-19(21,22)27-15-9-7-14(8-10-15)26-18(23)24-11-3-4-13-12-25-17-6-2-1-5-16(13)17;/h1-2,5-10,12,25H,3-4,11H2,(H3,23,24,26);1H. The lowest BCUT2D eigenvalue weighted by Crippen LogP contribution is -2.23. The van der Waals surface area contributed by atoms with Gasteiger partial charge >= 0.3 is 6.36 Å². The van der Waals surface area contributed by atoms with Crippen LogP contribution in [-0.2, 0) is 6.42 Å². The normalized spacial score (nSPS) is 11.9. The summed E-state index contributed by atoms with van der Waals surface area (Å²) in [7, 11) is 0. The van der Waals surface area contributed by atoms with E-state index < -0.39 is 6.36 Å². The van der Waals surface area contributed by atoms with E-state index in [4.69, 9.17) is 5.73 Å². The first-order valence-corrected chi connectivity index (χ1v) is 8.38. The summed E-state index contributed by atoms with van der Waals surface area (Å²) in [6.07, 6.45) is -1.02. The Bertz CT molecular complexity index is 923. The van der Waals surface area contributed by atoms with Gasteiger partial charge in [0.2, 0.25) is 0 Å². The fourth-order valence-corrected chi connectivity index (χ4v) is 2.73. The Kier molecular flexibility index (Phi) is 7.55. The highest BCUT2D eigenvalue weighted by Crippen LogP contribution is 2.24. The maximum Gasteiger partial charge on any atom is 0.573 e. The third-order valence-electron chi connectivity index (χ3n) is 3.92. The molecule has 0 atom stereocenters. The van der Waals surface area contributed by atoms with Crippen molar-refractivity contribution in [3.8, 4) is 5.75 Å². The number of nitrogens with two attached hydrogens (primary N) is 1. The van der Waals surface area contributed by atoms with Crippen molar-refractivity contribution in [2.45, 2.75) is 19.2 Å². The highest BCUT2D eigenvalue weighted by molar-refractivity contribution is 14.0. The number of aromatic nitrogens is 1. The lowest BCUT2D eigenvalue weighted by atomic mass is 10.1. The molecule has 0 amide bonds. The Morgan fingerprint density at radius 2 is 1.82 bits per heavy atom. The van der Waals surface area contributed by atoms with Crippen molar-refractivity contribution < 1.29 is 17.9 Å². The minimum absolute atomic E-state index is 0. The van der Waals surface area contributed by atoms with E-state index in [1.165, 1.54) is 35.2 Å². The molecule has 3 aromatic rings. The minimum Gasteiger partial charge on any atom is -0.406 e. The molecule has 1 heterocycles. The number of benzene rings is 2. The molecule has 0 saturated carbocycles. The van der Waals surface area contributed by atoms with Gasteiger partial charge in [0, 0.05) is 29.3 Å². The van der Waals surface area contributed by atoms with Crippen LogP contribution in [0, 0.1) is 0 Å². The molecule has 9 heteroatoms. The molecule has 0 radical (unpaired) electrons. The Hall–Kier alpha value is -2.43. The Labute approximate surface area is 177 Å². The van der Waals surface area contributed by atoms with Gasteiger partial charge in [0.05, 0.1) is 0 Å². The number of aliphatic imine (C=N–C) groups is 1. The summed E-state index contributed by atoms with van der Waals surface area (Å²) in [5.41, 5.74) is 8.68. The van der Waals surface area contributed by atoms with E-state index in [1.807, 2.05) is 24.4 Å². The van der Waals surface area contributed by atoms with Gasteiger partial charge in [-0.1, -0.05) is 18.2 Å². The third kappa shape index (κ3) is 6.32. The smallest absolute Gasteiger partial charge is 0.406 e. The summed E-state index contributed by atoms with van der Waals surface area (Å²) in [5.74, 6) is -0.0827. The number of alkyl halides is 3. The van der Waals surface area contributed by atoms with Gasteiger partial charge in [-0.05, 0) is 48.7 Å². The molecule has 0 unspecified atom stereocenters. The molecule has 2 aromatic carbocycles. The first kappa shape index (κ1) is 21.9. The van der Waals surface area contributed by atoms with Crippen LogP contribution in [0.5, 0.6) is 5.75 Å². The fraction of sp³-hybridized carbons (Fsp3) is 0.211. The number of H-pyrrole nitrogens is 1. The number of aromatic amines is 1. The average Bonchev–Trinajstić information content (AvgIpc) is 3.02. The van der Waals surface area contributed by atoms with Crippen LogP contribution in [-0.4, -0.2) is 23.9 Å². The quantitative estimate of drug-likeness (QED) is 0.191. The number of ether oxygens (including phenoxy) is 1. The Balaban J connectivity index is 0.00000280. The van der Waals surface area contributed by atoms with Crippen molar-refractivity contribution in [3.63, 3.8) is 0 Å². The number of guanidine groups is 1. The van der Waals surface area contributed by atoms with E-state index >= 15 is 0 Å². The second-order valence-electron chi connectivity index (χ2n) is 5.93. The third-order valence-corrected chi connectivity index (χ3v) is 3.92. The van der Waals surface area contributed by atoms with Gasteiger partial charge in [-0.25, -0.2) is 0 Å². The van der Waals surface area contributed by atoms with E-state index in [2.05, 4.69) is 26.1 Å². The molecule has 0 saturated heterocycles. The highest BCUT2D eigenvalue weighted by Gasteiger charge is 2.30. The van der Waals surface area contributed by atoms with Gasteiger partial charge in [-0.3, -0.25) is 4.99 Å². The minimum atomic E-state index is -4.71. The number of nitrogens with one attached hydrogen (secondary N) is 2. The maximum absolute atomic E-state index is 12.1. The number of hydrogen-bond acceptors (Lipinski definition) is 2. The zero-order valence-electron chi connectivity index (χ0n) is 14.8. The zero-order valence-corrected chi connectivity index (χ0v) is 17.1. The van der Waals surface area contributed by atoms with Gasteiger partial charge < -0.3 is 20.8 Å². The van der Waals surface area contributed by atoms with Crippen LogP contribution in [0.2, 0.25) is 0 Å². The van der Waals surface area contributed by atoms with E-state index in [0.717, 1.165) is 18.4 Å². The topological polar surface area (TPSA) is 75.4 Å². The second-order valence-corrected chi connectivity index (χ2v) is 5.93. The highest BCUT2D eigenvalue weighted by atomic mass is 127. The van der Waals surface area contributed by atoms with E-state index in [0.29, 0.717) is 12.2 Å². The number of anilines is 1. The van der Waals surface area contributed by atoms with Crippen LogP contribution < -0.4 is 15.8 Å². The van der Waals surface area contributed by atoms with Crippen LogP contribution in [0.25, 0.3) is 10.9 Å². The van der Waals surface area contributed by atoms with E-state index in [1.54, 1.807) is 0 Å². The number of nitrogens with zero attached hydrogens (tertiary/aromatic N) is 1. The summed E-state index contributed by atoms with van der Waals surface area (Å²) in [5, 5.41) is 4.04. The van der Waals surface area contributed by atoms with Gasteiger partial charge in [-0.15, -0.1) is 37.1 Å². The summed E-state index contributed by atoms with van der Waals surface area (Å²) in [4.78, 5) is 7.48. The maximum atomic E-state index is 12.1. The number of para-hydroxylation sites is 1. The predicted octanol–water partition coefficient (Wildman–Crippen LogP) is 5.04. The molecule has 0 bridgehead atoms. The van der Waals surface area contributed by atoms with Gasteiger partial charge in [0.1, 0.15) is 5.75 Å². The zero-order chi connectivity index (χ0) is 19.3. The molecule has 28 heavy (non-hydrogen) atoms. The second kappa shape index (κ2) is 9.67. The monoisotopic (exact) mass is 504 g/mol. The molecular weight excluding hydrogens is 484 g/mol. The fourth-order valence-electron chi connectivity index (χ4n) is 2.73. The van der Waals surface area contributed by atoms with Crippen LogP contribution in [0.1, 0.15) is 12.0 Å². The lowest BCUT2D eigenvalue weighted by Gasteiger charge is -2.10. The molecule has 0 aliphatic heterocycles. The first-order chi connectivity index (χ1) is 12.9. The van der Waals surface area contributed by atoms with Crippen LogP contribution >= 0.6 is 24.0 Å². The summed E-state index contributed by atoms with van der Waals surface area (Å²) >= 11 is 0. The Morgan fingerprint density at radius 3 is 2.54 bits per heavy atom. The largest absolute Gasteiger partial charge is 0.573 e.